The van der Waals surface area contributed by atoms with Gasteiger partial charge in [0.25, 0.3) is 0 Å². The van der Waals surface area contributed by atoms with Gasteiger partial charge < -0.3 is 4.90 Å². The topological polar surface area (TPSA) is 84.2 Å². The van der Waals surface area contributed by atoms with Gasteiger partial charge in [-0.1, -0.05) is 0 Å². The van der Waals surface area contributed by atoms with Crippen LogP contribution in [0.3, 0.4) is 0 Å². The molecule has 0 bridgehead atoms. The van der Waals surface area contributed by atoms with Gasteiger partial charge >= 0.3 is 0 Å². The Kier molecular flexibility index (Phi) is 4.74. The highest BCUT2D eigenvalue weighted by molar-refractivity contribution is 7.89. The molecule has 3 rings (SSSR count). The first-order valence-corrected chi connectivity index (χ1v) is 9.36. The standard InChI is InChI=1S/C15H21FN6O2S/c1-11-14(7-19-21(11)3)25(23,24)20(2)9-13-6-12(16)8-22(13)15-4-5-17-10-18-15/h4-5,7,10,12-13H,6,8-9H2,1-3H3/t12-,13-/m0/s1. The predicted molar refractivity (Wildman–Crippen MR) is 90.4 cm³/mol. The van der Waals surface area contributed by atoms with Crippen molar-refractivity contribution in [1.29, 1.82) is 0 Å². The van der Waals surface area contributed by atoms with E-state index in [1.54, 1.807) is 31.1 Å². The lowest BCUT2D eigenvalue weighted by atomic mass is 10.2. The Morgan fingerprint density at radius 3 is 2.80 bits per heavy atom. The minimum atomic E-state index is -3.69. The van der Waals surface area contributed by atoms with E-state index in [1.807, 2.05) is 0 Å². The van der Waals surface area contributed by atoms with E-state index in [1.165, 1.54) is 28.6 Å². The smallest absolute Gasteiger partial charge is 0.246 e. The largest absolute Gasteiger partial charge is 0.349 e. The van der Waals surface area contributed by atoms with E-state index in [0.29, 0.717) is 11.5 Å². The first kappa shape index (κ1) is 17.7. The summed E-state index contributed by atoms with van der Waals surface area (Å²) in [6.07, 6.45) is 3.57. The molecular weight excluding hydrogens is 347 g/mol. The third-order valence-electron chi connectivity index (χ3n) is 4.57. The summed E-state index contributed by atoms with van der Waals surface area (Å²) in [5.74, 6) is 0.600. The van der Waals surface area contributed by atoms with Crippen LogP contribution in [0.25, 0.3) is 0 Å². The van der Waals surface area contributed by atoms with Gasteiger partial charge in [-0.3, -0.25) is 4.68 Å². The zero-order chi connectivity index (χ0) is 18.2. The zero-order valence-electron chi connectivity index (χ0n) is 14.4. The summed E-state index contributed by atoms with van der Waals surface area (Å²) in [5, 5.41) is 3.99. The molecule has 2 aromatic rings. The molecule has 2 atom stereocenters. The molecule has 1 aliphatic heterocycles. The maximum Gasteiger partial charge on any atom is 0.246 e. The molecule has 0 spiro atoms. The van der Waals surface area contributed by atoms with Crippen molar-refractivity contribution in [1.82, 2.24) is 24.1 Å². The lowest BCUT2D eigenvalue weighted by molar-refractivity contribution is 0.346. The van der Waals surface area contributed by atoms with Gasteiger partial charge in [0, 0.05) is 39.3 Å². The second-order valence-corrected chi connectivity index (χ2v) is 8.22. The van der Waals surface area contributed by atoms with Crippen LogP contribution in [-0.4, -0.2) is 64.8 Å². The predicted octanol–water partition coefficient (Wildman–Crippen LogP) is 0.756. The molecule has 2 aromatic heterocycles. The fourth-order valence-corrected chi connectivity index (χ4v) is 4.45. The molecule has 10 heteroatoms. The van der Waals surface area contributed by atoms with E-state index in [9.17, 15) is 12.8 Å². The van der Waals surface area contributed by atoms with Crippen LogP contribution in [0.2, 0.25) is 0 Å². The van der Waals surface area contributed by atoms with Crippen LogP contribution in [0.15, 0.2) is 29.7 Å². The van der Waals surface area contributed by atoms with Crippen molar-refractivity contribution in [3.05, 3.63) is 30.5 Å². The number of halogens is 1. The quantitative estimate of drug-likeness (QED) is 0.775. The Bertz CT molecular complexity index is 841. The number of hydrogen-bond acceptors (Lipinski definition) is 6. The Morgan fingerprint density at radius 2 is 2.20 bits per heavy atom. The average molecular weight is 368 g/mol. The second-order valence-electron chi connectivity index (χ2n) is 6.21. The van der Waals surface area contributed by atoms with E-state index in [-0.39, 0.29) is 30.4 Å². The Hall–Kier alpha value is -2.07. The average Bonchev–Trinajstić information content (AvgIpc) is 3.11. The molecule has 0 amide bonds. The van der Waals surface area contributed by atoms with Crippen LogP contribution >= 0.6 is 0 Å². The fourth-order valence-electron chi connectivity index (χ4n) is 3.06. The van der Waals surface area contributed by atoms with Gasteiger partial charge in [0.2, 0.25) is 10.0 Å². The van der Waals surface area contributed by atoms with Crippen molar-refractivity contribution in [2.24, 2.45) is 7.05 Å². The van der Waals surface area contributed by atoms with Crippen molar-refractivity contribution in [2.75, 3.05) is 25.0 Å². The van der Waals surface area contributed by atoms with Crippen LogP contribution in [-0.2, 0) is 17.1 Å². The summed E-state index contributed by atoms with van der Waals surface area (Å²) >= 11 is 0. The number of anilines is 1. The highest BCUT2D eigenvalue weighted by Gasteiger charge is 2.36. The molecule has 136 valence electrons. The summed E-state index contributed by atoms with van der Waals surface area (Å²) in [4.78, 5) is 9.99. The van der Waals surface area contributed by atoms with Crippen LogP contribution in [0.5, 0.6) is 0 Å². The number of aromatic nitrogens is 4. The highest BCUT2D eigenvalue weighted by Crippen LogP contribution is 2.27. The minimum Gasteiger partial charge on any atom is -0.349 e. The van der Waals surface area contributed by atoms with Crippen molar-refractivity contribution in [3.8, 4) is 0 Å². The molecule has 1 saturated heterocycles. The molecule has 0 radical (unpaired) electrons. The SMILES string of the molecule is Cc1c(S(=O)(=O)N(C)C[C@@H]2C[C@H](F)CN2c2ccncn2)cnn1C. The number of alkyl halides is 1. The normalized spacial score (nSPS) is 21.2. The summed E-state index contributed by atoms with van der Waals surface area (Å²) in [6, 6.07) is 1.41. The fraction of sp³-hybridized carbons (Fsp3) is 0.533. The van der Waals surface area contributed by atoms with Gasteiger partial charge in [-0.05, 0) is 13.0 Å². The molecule has 0 unspecified atom stereocenters. The van der Waals surface area contributed by atoms with Gasteiger partial charge in [-0.15, -0.1) is 0 Å². The van der Waals surface area contributed by atoms with E-state index >= 15 is 0 Å². The number of rotatable bonds is 5. The molecule has 0 aliphatic carbocycles. The first-order chi connectivity index (χ1) is 11.8. The molecule has 8 nitrogen and oxygen atoms in total. The van der Waals surface area contributed by atoms with Crippen LogP contribution in [0.4, 0.5) is 10.2 Å². The monoisotopic (exact) mass is 368 g/mol. The first-order valence-electron chi connectivity index (χ1n) is 7.92. The van der Waals surface area contributed by atoms with Crippen LogP contribution in [0.1, 0.15) is 12.1 Å². The molecule has 3 heterocycles. The zero-order valence-corrected chi connectivity index (χ0v) is 15.2. The summed E-state index contributed by atoms with van der Waals surface area (Å²) in [7, 11) is -0.495. The van der Waals surface area contributed by atoms with Crippen molar-refractivity contribution >= 4 is 15.8 Å². The van der Waals surface area contributed by atoms with Crippen molar-refractivity contribution in [3.63, 3.8) is 0 Å². The lowest BCUT2D eigenvalue weighted by Gasteiger charge is -2.28. The highest BCUT2D eigenvalue weighted by atomic mass is 32.2. The van der Waals surface area contributed by atoms with Crippen molar-refractivity contribution in [2.45, 2.75) is 30.5 Å². The molecule has 1 aliphatic rings. The van der Waals surface area contributed by atoms with Gasteiger partial charge in [-0.2, -0.15) is 9.40 Å². The molecular formula is C15H21FN6O2S. The van der Waals surface area contributed by atoms with Crippen LogP contribution in [0, 0.1) is 6.92 Å². The van der Waals surface area contributed by atoms with Crippen molar-refractivity contribution < 1.29 is 12.8 Å². The van der Waals surface area contributed by atoms with Gasteiger partial charge in [-0.25, -0.2) is 22.8 Å². The number of hydrogen-bond donors (Lipinski definition) is 0. The van der Waals surface area contributed by atoms with Crippen LogP contribution < -0.4 is 4.90 Å². The Balaban J connectivity index is 1.81. The maximum atomic E-state index is 14.0. The van der Waals surface area contributed by atoms with Gasteiger partial charge in [0.05, 0.1) is 18.4 Å². The molecule has 0 aromatic carbocycles. The second kappa shape index (κ2) is 6.68. The summed E-state index contributed by atoms with van der Waals surface area (Å²) in [5.41, 5.74) is 0.564. The third-order valence-corrected chi connectivity index (χ3v) is 6.50. The number of nitrogens with zero attached hydrogens (tertiary/aromatic N) is 6. The van der Waals surface area contributed by atoms with E-state index in [0.717, 1.165) is 0 Å². The Labute approximate surface area is 146 Å². The van der Waals surface area contributed by atoms with E-state index in [4.69, 9.17) is 0 Å². The molecule has 25 heavy (non-hydrogen) atoms. The third kappa shape index (κ3) is 3.36. The Morgan fingerprint density at radius 1 is 1.44 bits per heavy atom. The minimum absolute atomic E-state index is 0.167. The number of aryl methyl sites for hydroxylation is 1. The number of sulfonamides is 1. The van der Waals surface area contributed by atoms with E-state index in [2.05, 4.69) is 15.1 Å². The van der Waals surface area contributed by atoms with Gasteiger partial charge in [0.1, 0.15) is 23.2 Å². The molecule has 0 saturated carbocycles. The lowest BCUT2D eigenvalue weighted by Crippen LogP contribution is -2.41. The summed E-state index contributed by atoms with van der Waals surface area (Å²) in [6.45, 7) is 2.07. The van der Waals surface area contributed by atoms with E-state index < -0.39 is 16.2 Å². The number of likely N-dealkylation sites (N-methyl/N-ethyl adjacent to an activating group) is 1. The molecule has 0 N–H and O–H groups in total. The molecule has 1 fully saturated rings. The van der Waals surface area contributed by atoms with Gasteiger partial charge in [0.15, 0.2) is 0 Å². The maximum absolute atomic E-state index is 14.0. The summed E-state index contributed by atoms with van der Waals surface area (Å²) < 4.78 is 42.4.